The van der Waals surface area contributed by atoms with E-state index in [1.165, 1.54) is 5.69 Å². The Hall–Kier alpha value is -1.37. The summed E-state index contributed by atoms with van der Waals surface area (Å²) in [5.41, 5.74) is 7.49. The lowest BCUT2D eigenvalue weighted by Gasteiger charge is -2.22. The molecule has 2 rings (SSSR count). The second-order valence-corrected chi connectivity index (χ2v) is 6.42. The van der Waals surface area contributed by atoms with Crippen molar-refractivity contribution >= 4 is 30.6 Å². The normalized spacial score (nSPS) is 17.7. The molecule has 24 heavy (non-hydrogen) atoms. The third-order valence-corrected chi connectivity index (χ3v) is 4.52. The second-order valence-electron chi connectivity index (χ2n) is 5.98. The number of nitrogens with two attached hydrogens (primary N) is 1. The third-order valence-electron chi connectivity index (χ3n) is 4.27. The fraction of sp³-hybridized carbons (Fsp3) is 0.562. The molecule has 1 unspecified atom stereocenters. The van der Waals surface area contributed by atoms with E-state index in [-0.39, 0.29) is 12.2 Å². The molecule has 0 bridgehead atoms. The van der Waals surface area contributed by atoms with Crippen molar-refractivity contribution in [1.82, 2.24) is 0 Å². The fourth-order valence-corrected chi connectivity index (χ4v) is 3.09. The van der Waals surface area contributed by atoms with Crippen molar-refractivity contribution in [2.45, 2.75) is 38.0 Å². The molecule has 0 spiro atoms. The van der Waals surface area contributed by atoms with Crippen LogP contribution in [0.25, 0.3) is 0 Å². The molecule has 132 valence electrons. The summed E-state index contributed by atoms with van der Waals surface area (Å²) in [7, 11) is -1.19. The molecule has 0 saturated carbocycles. The van der Waals surface area contributed by atoms with E-state index in [9.17, 15) is 0 Å². The minimum atomic E-state index is -1.19. The monoisotopic (exact) mass is 354 g/mol. The van der Waals surface area contributed by atoms with Crippen LogP contribution in [0.5, 0.6) is 0 Å². The molecular formula is C16H24BClN2O4. The summed E-state index contributed by atoms with van der Waals surface area (Å²) in [6.07, 6.45) is 4.53. The standard InChI is InChI=1S/C15H24BClN2O2.CO2/c17-13-4-6-14(7-5-13)19-10-8-12(11-19)15(18)3-1-2-9-16(20)21;2-1-3/h4-7,12,15,20-21H,1-3,8-11,18H2;/t12-,15?;/m0./s1. The molecule has 1 heterocycles. The van der Waals surface area contributed by atoms with Gasteiger partial charge >= 0.3 is 13.3 Å². The molecule has 1 saturated heterocycles. The fourth-order valence-electron chi connectivity index (χ4n) is 2.97. The molecule has 1 aliphatic rings. The van der Waals surface area contributed by atoms with E-state index in [2.05, 4.69) is 17.0 Å². The topological polar surface area (TPSA) is 104 Å². The number of rotatable bonds is 7. The van der Waals surface area contributed by atoms with E-state index in [1.807, 2.05) is 12.1 Å². The van der Waals surface area contributed by atoms with E-state index in [0.29, 0.717) is 12.2 Å². The van der Waals surface area contributed by atoms with Crippen molar-refractivity contribution < 1.29 is 19.6 Å². The van der Waals surface area contributed by atoms with Crippen LogP contribution in [0.4, 0.5) is 5.69 Å². The predicted octanol–water partition coefficient (Wildman–Crippen LogP) is 1.55. The van der Waals surface area contributed by atoms with Crippen molar-refractivity contribution in [3.05, 3.63) is 29.3 Å². The molecule has 0 aromatic heterocycles. The number of benzene rings is 1. The van der Waals surface area contributed by atoms with Crippen molar-refractivity contribution in [3.8, 4) is 0 Å². The molecule has 6 nitrogen and oxygen atoms in total. The van der Waals surface area contributed by atoms with Crippen LogP contribution in [0.2, 0.25) is 11.3 Å². The Morgan fingerprint density at radius 2 is 1.92 bits per heavy atom. The van der Waals surface area contributed by atoms with E-state index < -0.39 is 7.12 Å². The Morgan fingerprint density at radius 3 is 2.50 bits per heavy atom. The van der Waals surface area contributed by atoms with Crippen molar-refractivity contribution in [2.75, 3.05) is 18.0 Å². The smallest absolute Gasteiger partial charge is 0.427 e. The van der Waals surface area contributed by atoms with Crippen molar-refractivity contribution in [1.29, 1.82) is 0 Å². The summed E-state index contributed by atoms with van der Waals surface area (Å²) in [4.78, 5) is 18.6. The molecular weight excluding hydrogens is 330 g/mol. The summed E-state index contributed by atoms with van der Waals surface area (Å²) in [5, 5.41) is 18.4. The average Bonchev–Trinajstić information content (AvgIpc) is 3.03. The van der Waals surface area contributed by atoms with Crippen LogP contribution in [-0.2, 0) is 9.59 Å². The van der Waals surface area contributed by atoms with E-state index in [1.54, 1.807) is 0 Å². The lowest BCUT2D eigenvalue weighted by Crippen LogP contribution is -2.32. The van der Waals surface area contributed by atoms with Gasteiger partial charge in [0.1, 0.15) is 0 Å². The van der Waals surface area contributed by atoms with Crippen LogP contribution in [-0.4, -0.2) is 42.4 Å². The van der Waals surface area contributed by atoms with Crippen LogP contribution in [0, 0.1) is 5.92 Å². The van der Waals surface area contributed by atoms with E-state index >= 15 is 0 Å². The SMILES string of the molecule is NC(CCCCB(O)O)[C@H]1CCN(c2ccc(Cl)cc2)C1.O=C=O. The van der Waals surface area contributed by atoms with Gasteiger partial charge in [-0.15, -0.1) is 0 Å². The summed E-state index contributed by atoms with van der Waals surface area (Å²) in [5.74, 6) is 0.514. The molecule has 0 radical (unpaired) electrons. The number of halogens is 1. The molecule has 1 aliphatic heterocycles. The van der Waals surface area contributed by atoms with Gasteiger partial charge in [0.05, 0.1) is 0 Å². The summed E-state index contributed by atoms with van der Waals surface area (Å²) >= 11 is 5.92. The van der Waals surface area contributed by atoms with Crippen LogP contribution >= 0.6 is 11.6 Å². The highest BCUT2D eigenvalue weighted by Gasteiger charge is 2.27. The molecule has 8 heteroatoms. The zero-order chi connectivity index (χ0) is 17.9. The van der Waals surface area contributed by atoms with Gasteiger partial charge in [-0.2, -0.15) is 9.59 Å². The summed E-state index contributed by atoms with van der Waals surface area (Å²) < 4.78 is 0. The molecule has 1 aromatic carbocycles. The number of hydrogen-bond donors (Lipinski definition) is 3. The minimum Gasteiger partial charge on any atom is -0.427 e. The molecule has 4 N–H and O–H groups in total. The average molecular weight is 355 g/mol. The maximum absolute atomic E-state index is 8.82. The Morgan fingerprint density at radius 1 is 1.29 bits per heavy atom. The summed E-state index contributed by atoms with van der Waals surface area (Å²) in [6.45, 7) is 2.03. The molecule has 0 aliphatic carbocycles. The largest absolute Gasteiger partial charge is 0.451 e. The highest BCUT2D eigenvalue weighted by Crippen LogP contribution is 2.27. The Balaban J connectivity index is 0.000000891. The van der Waals surface area contributed by atoms with Crippen molar-refractivity contribution in [2.24, 2.45) is 11.7 Å². The highest BCUT2D eigenvalue weighted by molar-refractivity contribution is 6.40. The Kier molecular flexibility index (Phi) is 9.68. The van der Waals surface area contributed by atoms with Gasteiger partial charge in [-0.1, -0.05) is 24.4 Å². The van der Waals surface area contributed by atoms with Gasteiger partial charge in [0.25, 0.3) is 0 Å². The van der Waals surface area contributed by atoms with Gasteiger partial charge in [0.2, 0.25) is 0 Å². The lowest BCUT2D eigenvalue weighted by atomic mass is 9.82. The zero-order valence-electron chi connectivity index (χ0n) is 13.6. The molecule has 1 fully saturated rings. The van der Waals surface area contributed by atoms with Gasteiger partial charge in [-0.25, -0.2) is 0 Å². The summed E-state index contributed by atoms with van der Waals surface area (Å²) in [6, 6.07) is 8.14. The highest BCUT2D eigenvalue weighted by atomic mass is 35.5. The zero-order valence-corrected chi connectivity index (χ0v) is 14.4. The van der Waals surface area contributed by atoms with Gasteiger partial charge < -0.3 is 20.7 Å². The van der Waals surface area contributed by atoms with E-state index in [0.717, 1.165) is 43.8 Å². The van der Waals surface area contributed by atoms with Crippen LogP contribution in [0.1, 0.15) is 25.7 Å². The second kappa shape index (κ2) is 11.2. The Labute approximate surface area is 147 Å². The van der Waals surface area contributed by atoms with Gasteiger partial charge in [-0.05, 0) is 49.3 Å². The third kappa shape index (κ3) is 7.47. The van der Waals surface area contributed by atoms with Gasteiger partial charge in [0.15, 0.2) is 0 Å². The van der Waals surface area contributed by atoms with Crippen LogP contribution in [0.3, 0.4) is 0 Å². The number of hydrogen-bond acceptors (Lipinski definition) is 6. The van der Waals surface area contributed by atoms with Crippen LogP contribution in [0.15, 0.2) is 24.3 Å². The van der Waals surface area contributed by atoms with Crippen LogP contribution < -0.4 is 10.6 Å². The lowest BCUT2D eigenvalue weighted by molar-refractivity contribution is -0.191. The number of carbonyl (C=O) groups excluding carboxylic acids is 2. The first-order chi connectivity index (χ1) is 11.5. The molecule has 1 aromatic rings. The number of unbranched alkanes of at least 4 members (excludes halogenated alkanes) is 1. The number of nitrogens with zero attached hydrogens (tertiary/aromatic N) is 1. The predicted molar refractivity (Wildman–Crippen MR) is 93.6 cm³/mol. The van der Waals surface area contributed by atoms with Crippen molar-refractivity contribution in [3.63, 3.8) is 0 Å². The van der Waals surface area contributed by atoms with E-state index in [4.69, 9.17) is 37.0 Å². The quantitative estimate of drug-likeness (QED) is 0.507. The number of anilines is 1. The molecule has 0 amide bonds. The van der Waals surface area contributed by atoms with Gasteiger partial charge in [-0.3, -0.25) is 0 Å². The first-order valence-corrected chi connectivity index (χ1v) is 8.47. The molecule has 2 atom stereocenters. The first-order valence-electron chi connectivity index (χ1n) is 8.09. The maximum Gasteiger partial charge on any atom is 0.451 e. The minimum absolute atomic E-state index is 0.193. The first kappa shape index (κ1) is 20.7. The maximum atomic E-state index is 8.82. The van der Waals surface area contributed by atoms with Gasteiger partial charge in [0, 0.05) is 29.8 Å². The Bertz CT molecular complexity index is 509.